The minimum absolute atomic E-state index is 0.257. The van der Waals surface area contributed by atoms with Crippen molar-refractivity contribution < 1.29 is 23.9 Å². The molecule has 2 aliphatic rings. The molecule has 2 fully saturated rings. The van der Waals surface area contributed by atoms with Gasteiger partial charge in [-0.15, -0.1) is 0 Å². The lowest BCUT2D eigenvalue weighted by Gasteiger charge is -2.41. The van der Waals surface area contributed by atoms with Gasteiger partial charge in [0, 0.05) is 24.9 Å². The van der Waals surface area contributed by atoms with Crippen LogP contribution in [0.3, 0.4) is 0 Å². The number of methoxy groups -OCH3 is 1. The molecule has 1 saturated carbocycles. The Hall–Kier alpha value is -1.54. The lowest BCUT2D eigenvalue weighted by molar-refractivity contribution is -0.554. The van der Waals surface area contributed by atoms with Gasteiger partial charge in [-0.05, 0) is 5.56 Å². The summed E-state index contributed by atoms with van der Waals surface area (Å²) < 4.78 is 22.7. The smallest absolute Gasteiger partial charge is 0.244 e. The quantitative estimate of drug-likeness (QED) is 0.583. The molecule has 0 amide bonds. The van der Waals surface area contributed by atoms with Gasteiger partial charge in [0.2, 0.25) is 6.04 Å². The van der Waals surface area contributed by atoms with E-state index in [0.29, 0.717) is 32.7 Å². The third-order valence-electron chi connectivity index (χ3n) is 4.75. The summed E-state index contributed by atoms with van der Waals surface area (Å²) in [5.74, 6) is -1.09. The first-order chi connectivity index (χ1) is 11.6. The Morgan fingerprint density at radius 1 is 1.25 bits per heavy atom. The monoisotopic (exact) mass is 337 g/mol. The molecule has 1 aliphatic heterocycles. The summed E-state index contributed by atoms with van der Waals surface area (Å²) in [6.45, 7) is 1.72. The highest BCUT2D eigenvalue weighted by molar-refractivity contribution is 5.13. The van der Waals surface area contributed by atoms with E-state index in [-0.39, 0.29) is 17.4 Å². The average Bonchev–Trinajstić information content (AvgIpc) is 3.02. The van der Waals surface area contributed by atoms with E-state index in [1.165, 1.54) is 7.11 Å². The highest BCUT2D eigenvalue weighted by atomic mass is 16.7. The van der Waals surface area contributed by atoms with Crippen LogP contribution in [0, 0.1) is 16.0 Å². The van der Waals surface area contributed by atoms with Crippen molar-refractivity contribution in [2.45, 2.75) is 37.4 Å². The highest BCUT2D eigenvalue weighted by Gasteiger charge is 2.55. The zero-order chi connectivity index (χ0) is 17.0. The van der Waals surface area contributed by atoms with E-state index < -0.39 is 17.9 Å². The molecule has 3 atom stereocenters. The van der Waals surface area contributed by atoms with Crippen LogP contribution in [0.2, 0.25) is 0 Å². The second-order valence-electron chi connectivity index (χ2n) is 6.33. The molecule has 7 nitrogen and oxygen atoms in total. The molecular formula is C17H23NO6. The third kappa shape index (κ3) is 3.75. The lowest BCUT2D eigenvalue weighted by Crippen LogP contribution is -2.55. The topological polar surface area (TPSA) is 80.1 Å². The fourth-order valence-corrected chi connectivity index (χ4v) is 3.66. The summed E-state index contributed by atoms with van der Waals surface area (Å²) >= 11 is 0. The lowest BCUT2D eigenvalue weighted by atomic mass is 9.79. The maximum absolute atomic E-state index is 11.6. The zero-order valence-electron chi connectivity index (χ0n) is 13.8. The van der Waals surface area contributed by atoms with Crippen LogP contribution in [0.5, 0.6) is 0 Å². The Kier molecular flexibility index (Phi) is 5.45. The van der Waals surface area contributed by atoms with E-state index in [1.54, 1.807) is 0 Å². The molecule has 1 aliphatic carbocycles. The van der Waals surface area contributed by atoms with Gasteiger partial charge in [0.25, 0.3) is 0 Å². The second kappa shape index (κ2) is 7.57. The van der Waals surface area contributed by atoms with Crippen LogP contribution >= 0.6 is 0 Å². The SMILES string of the molecule is CO[C@H]1CC2(C[C@@H](COCc3ccccc3)[C@@H]1[N+](=O)[O-])OCCO2. The van der Waals surface area contributed by atoms with Gasteiger partial charge in [0.1, 0.15) is 6.10 Å². The molecule has 1 spiro atoms. The number of nitro groups is 1. The van der Waals surface area contributed by atoms with Crippen molar-refractivity contribution in [3.8, 4) is 0 Å². The molecular weight excluding hydrogens is 314 g/mol. The summed E-state index contributed by atoms with van der Waals surface area (Å²) in [7, 11) is 1.50. The Labute approximate surface area is 141 Å². The fourth-order valence-electron chi connectivity index (χ4n) is 3.66. The maximum atomic E-state index is 11.6. The standard InChI is InChI=1S/C17H23NO6/c1-21-15-10-17(23-7-8-24-17)9-14(16(15)18(19)20)12-22-11-13-5-3-2-4-6-13/h2-6,14-16H,7-12H2,1H3/t14-,15-,16-/m0/s1. The van der Waals surface area contributed by atoms with Crippen molar-refractivity contribution in [3.63, 3.8) is 0 Å². The minimum atomic E-state index is -0.816. The molecule has 0 radical (unpaired) electrons. The molecule has 1 aromatic rings. The van der Waals surface area contributed by atoms with E-state index in [4.69, 9.17) is 18.9 Å². The van der Waals surface area contributed by atoms with Crippen LogP contribution in [0.1, 0.15) is 18.4 Å². The van der Waals surface area contributed by atoms with Crippen molar-refractivity contribution in [1.29, 1.82) is 0 Å². The summed E-state index contributed by atoms with van der Waals surface area (Å²) in [6, 6.07) is 8.94. The van der Waals surface area contributed by atoms with Gasteiger partial charge >= 0.3 is 0 Å². The minimum Gasteiger partial charge on any atom is -0.376 e. The molecule has 1 heterocycles. The fraction of sp³-hybridized carbons (Fsp3) is 0.647. The second-order valence-corrected chi connectivity index (χ2v) is 6.33. The van der Waals surface area contributed by atoms with Crippen molar-refractivity contribution in [2.75, 3.05) is 26.9 Å². The van der Waals surface area contributed by atoms with E-state index in [2.05, 4.69) is 0 Å². The predicted octanol–water partition coefficient (Wildman–Crippen LogP) is 2.02. The van der Waals surface area contributed by atoms with Crippen LogP contribution in [0.15, 0.2) is 30.3 Å². The van der Waals surface area contributed by atoms with Gasteiger partial charge in [-0.25, -0.2) is 0 Å². The number of ether oxygens (including phenoxy) is 4. The number of hydrogen-bond donors (Lipinski definition) is 0. The molecule has 0 aromatic heterocycles. The maximum Gasteiger partial charge on any atom is 0.244 e. The molecule has 7 heteroatoms. The van der Waals surface area contributed by atoms with Crippen LogP contribution in [-0.4, -0.2) is 49.8 Å². The number of nitrogens with zero attached hydrogens (tertiary/aromatic N) is 1. The number of rotatable bonds is 6. The average molecular weight is 337 g/mol. The largest absolute Gasteiger partial charge is 0.376 e. The van der Waals surface area contributed by atoms with Gasteiger partial charge < -0.3 is 18.9 Å². The van der Waals surface area contributed by atoms with Gasteiger partial charge in [-0.3, -0.25) is 10.1 Å². The first-order valence-corrected chi connectivity index (χ1v) is 8.19. The number of hydrogen-bond acceptors (Lipinski definition) is 6. The van der Waals surface area contributed by atoms with Crippen molar-refractivity contribution in [3.05, 3.63) is 46.0 Å². The molecule has 3 rings (SSSR count). The zero-order valence-corrected chi connectivity index (χ0v) is 13.8. The summed E-state index contributed by atoms with van der Waals surface area (Å²) in [5.41, 5.74) is 1.04. The molecule has 132 valence electrons. The Balaban J connectivity index is 1.67. The Morgan fingerprint density at radius 2 is 1.96 bits per heavy atom. The summed E-state index contributed by atoms with van der Waals surface area (Å²) in [5, 5.41) is 11.6. The van der Waals surface area contributed by atoms with Crippen LogP contribution in [0.4, 0.5) is 0 Å². The molecule has 0 N–H and O–H groups in total. The van der Waals surface area contributed by atoms with E-state index in [9.17, 15) is 10.1 Å². The number of benzene rings is 1. The van der Waals surface area contributed by atoms with Gasteiger partial charge in [-0.2, -0.15) is 0 Å². The van der Waals surface area contributed by atoms with Crippen LogP contribution < -0.4 is 0 Å². The first-order valence-electron chi connectivity index (χ1n) is 8.19. The third-order valence-corrected chi connectivity index (χ3v) is 4.75. The van der Waals surface area contributed by atoms with E-state index >= 15 is 0 Å². The predicted molar refractivity (Wildman–Crippen MR) is 85.0 cm³/mol. The molecule has 0 bridgehead atoms. The van der Waals surface area contributed by atoms with E-state index in [0.717, 1.165) is 5.56 Å². The van der Waals surface area contributed by atoms with Crippen LogP contribution in [-0.2, 0) is 25.6 Å². The Morgan fingerprint density at radius 3 is 2.58 bits per heavy atom. The summed E-state index contributed by atoms with van der Waals surface area (Å²) in [4.78, 5) is 11.3. The van der Waals surface area contributed by atoms with Gasteiger partial charge in [0.15, 0.2) is 5.79 Å². The van der Waals surface area contributed by atoms with Crippen molar-refractivity contribution in [2.24, 2.45) is 5.92 Å². The molecule has 1 saturated heterocycles. The normalized spacial score (nSPS) is 29.0. The highest BCUT2D eigenvalue weighted by Crippen LogP contribution is 2.41. The van der Waals surface area contributed by atoms with E-state index in [1.807, 2.05) is 30.3 Å². The Bertz CT molecular complexity index is 545. The van der Waals surface area contributed by atoms with Gasteiger partial charge in [-0.1, -0.05) is 30.3 Å². The van der Waals surface area contributed by atoms with Crippen LogP contribution in [0.25, 0.3) is 0 Å². The van der Waals surface area contributed by atoms with Gasteiger partial charge in [0.05, 0.1) is 32.3 Å². The van der Waals surface area contributed by atoms with Crippen molar-refractivity contribution in [1.82, 2.24) is 0 Å². The molecule has 0 unspecified atom stereocenters. The summed E-state index contributed by atoms with van der Waals surface area (Å²) in [6.07, 6.45) is 0.287. The first kappa shape index (κ1) is 17.3. The molecule has 24 heavy (non-hydrogen) atoms. The molecule has 1 aromatic carbocycles. The van der Waals surface area contributed by atoms with Crippen molar-refractivity contribution >= 4 is 0 Å².